The first-order chi connectivity index (χ1) is 13.0. The zero-order valence-electron chi connectivity index (χ0n) is 16.5. The summed E-state index contributed by atoms with van der Waals surface area (Å²) >= 11 is 0. The number of ether oxygens (including phenoxy) is 2. The Morgan fingerprint density at radius 1 is 1.11 bits per heavy atom. The van der Waals surface area contributed by atoms with Crippen molar-refractivity contribution in [3.63, 3.8) is 0 Å². The number of hydrogen-bond acceptors (Lipinski definition) is 4. The molecule has 2 rings (SSSR count). The number of carbonyl (C=O) groups excluding carboxylic acids is 2. The summed E-state index contributed by atoms with van der Waals surface area (Å²) in [6, 6.07) is 6.55. The molecular formula is C20H31N3O4. The van der Waals surface area contributed by atoms with Gasteiger partial charge < -0.3 is 25.4 Å². The number of hydrogen-bond donors (Lipinski definition) is 3. The third kappa shape index (κ3) is 6.22. The average molecular weight is 377 g/mol. The van der Waals surface area contributed by atoms with Crippen LogP contribution in [0.2, 0.25) is 0 Å². The Bertz CT molecular complexity index is 614. The van der Waals surface area contributed by atoms with Crippen molar-refractivity contribution in [3.8, 4) is 0 Å². The summed E-state index contributed by atoms with van der Waals surface area (Å²) in [6.07, 6.45) is 2.56. The van der Waals surface area contributed by atoms with Crippen LogP contribution in [0.1, 0.15) is 50.4 Å². The molecule has 7 heteroatoms. The molecule has 1 saturated heterocycles. The second-order valence-corrected chi connectivity index (χ2v) is 7.00. The first kappa shape index (κ1) is 21.2. The van der Waals surface area contributed by atoms with Gasteiger partial charge in [-0.15, -0.1) is 0 Å². The van der Waals surface area contributed by atoms with Gasteiger partial charge in [0.15, 0.2) is 6.29 Å². The summed E-state index contributed by atoms with van der Waals surface area (Å²) in [5.74, 6) is -0.123. The van der Waals surface area contributed by atoms with E-state index in [2.05, 4.69) is 29.8 Å². The van der Waals surface area contributed by atoms with Crippen molar-refractivity contribution >= 4 is 17.6 Å². The minimum absolute atomic E-state index is 0.0381. The van der Waals surface area contributed by atoms with E-state index in [1.807, 2.05) is 6.92 Å². The van der Waals surface area contributed by atoms with Crippen molar-refractivity contribution in [3.05, 3.63) is 29.8 Å². The summed E-state index contributed by atoms with van der Waals surface area (Å²) in [5.41, 5.74) is 1.17. The summed E-state index contributed by atoms with van der Waals surface area (Å²) in [5, 5.41) is 8.38. The molecule has 0 saturated carbocycles. The normalized spacial score (nSPS) is 16.6. The van der Waals surface area contributed by atoms with Gasteiger partial charge in [-0.2, -0.15) is 0 Å². The van der Waals surface area contributed by atoms with Crippen LogP contribution >= 0.6 is 0 Å². The SMILES string of the molecule is CCNC(=O)c1ccc(NC(=O)NCCCC(C)(CC)C2OCCO2)cc1. The van der Waals surface area contributed by atoms with Crippen molar-refractivity contribution in [1.82, 2.24) is 10.6 Å². The molecule has 1 heterocycles. The zero-order valence-corrected chi connectivity index (χ0v) is 16.5. The minimum atomic E-state index is -0.257. The van der Waals surface area contributed by atoms with Crippen molar-refractivity contribution in [2.24, 2.45) is 5.41 Å². The molecule has 1 fully saturated rings. The molecule has 0 aromatic heterocycles. The Hall–Kier alpha value is -2.12. The highest BCUT2D eigenvalue weighted by molar-refractivity contribution is 5.95. The highest BCUT2D eigenvalue weighted by atomic mass is 16.7. The molecular weight excluding hydrogens is 346 g/mol. The quantitative estimate of drug-likeness (QED) is 0.577. The summed E-state index contributed by atoms with van der Waals surface area (Å²) < 4.78 is 11.3. The fraction of sp³-hybridized carbons (Fsp3) is 0.600. The molecule has 150 valence electrons. The maximum Gasteiger partial charge on any atom is 0.319 e. The van der Waals surface area contributed by atoms with Gasteiger partial charge in [0.2, 0.25) is 0 Å². The number of benzene rings is 1. The Morgan fingerprint density at radius 2 is 1.78 bits per heavy atom. The van der Waals surface area contributed by atoms with Gasteiger partial charge in [0.1, 0.15) is 0 Å². The molecule has 0 radical (unpaired) electrons. The first-order valence-electron chi connectivity index (χ1n) is 9.65. The Balaban J connectivity index is 1.72. The van der Waals surface area contributed by atoms with Gasteiger partial charge in [-0.1, -0.05) is 13.8 Å². The van der Waals surface area contributed by atoms with Crippen LogP contribution in [-0.4, -0.2) is 44.5 Å². The van der Waals surface area contributed by atoms with E-state index in [4.69, 9.17) is 9.47 Å². The van der Waals surface area contributed by atoms with E-state index in [-0.39, 0.29) is 23.6 Å². The lowest BCUT2D eigenvalue weighted by Gasteiger charge is -2.33. The van der Waals surface area contributed by atoms with E-state index in [0.717, 1.165) is 19.3 Å². The second kappa shape index (κ2) is 10.3. The van der Waals surface area contributed by atoms with E-state index in [9.17, 15) is 9.59 Å². The summed E-state index contributed by atoms with van der Waals surface area (Å²) in [6.45, 7) is 8.63. The highest BCUT2D eigenvalue weighted by Gasteiger charge is 2.36. The van der Waals surface area contributed by atoms with Crippen LogP contribution in [0.4, 0.5) is 10.5 Å². The monoisotopic (exact) mass is 377 g/mol. The molecule has 1 aromatic carbocycles. The predicted molar refractivity (Wildman–Crippen MR) is 105 cm³/mol. The third-order valence-corrected chi connectivity index (χ3v) is 4.95. The van der Waals surface area contributed by atoms with Crippen LogP contribution < -0.4 is 16.0 Å². The molecule has 3 N–H and O–H groups in total. The summed E-state index contributed by atoms with van der Waals surface area (Å²) in [7, 11) is 0. The van der Waals surface area contributed by atoms with Crippen LogP contribution in [0.5, 0.6) is 0 Å². The molecule has 7 nitrogen and oxygen atoms in total. The third-order valence-electron chi connectivity index (χ3n) is 4.95. The maximum atomic E-state index is 12.0. The Labute approximate surface area is 161 Å². The van der Waals surface area contributed by atoms with Crippen molar-refractivity contribution in [2.75, 3.05) is 31.6 Å². The largest absolute Gasteiger partial charge is 0.352 e. The van der Waals surface area contributed by atoms with Crippen LogP contribution in [0, 0.1) is 5.41 Å². The number of nitrogens with one attached hydrogen (secondary N) is 3. The van der Waals surface area contributed by atoms with Crippen molar-refractivity contribution in [2.45, 2.75) is 46.3 Å². The lowest BCUT2D eigenvalue weighted by Crippen LogP contribution is -2.35. The fourth-order valence-corrected chi connectivity index (χ4v) is 3.06. The number of anilines is 1. The van der Waals surface area contributed by atoms with Crippen LogP contribution in [0.25, 0.3) is 0 Å². The van der Waals surface area contributed by atoms with Crippen LogP contribution in [-0.2, 0) is 9.47 Å². The van der Waals surface area contributed by atoms with Crippen LogP contribution in [0.3, 0.4) is 0 Å². The van der Waals surface area contributed by atoms with E-state index >= 15 is 0 Å². The van der Waals surface area contributed by atoms with Crippen LogP contribution in [0.15, 0.2) is 24.3 Å². The molecule has 0 aliphatic carbocycles. The van der Waals surface area contributed by atoms with Gasteiger partial charge in [0.25, 0.3) is 5.91 Å². The molecule has 0 bridgehead atoms. The molecule has 0 spiro atoms. The molecule has 1 aliphatic rings. The van der Waals surface area contributed by atoms with Gasteiger partial charge in [-0.3, -0.25) is 4.79 Å². The second-order valence-electron chi connectivity index (χ2n) is 7.00. The Kier molecular flexibility index (Phi) is 8.06. The van der Waals surface area contributed by atoms with E-state index in [0.29, 0.717) is 37.6 Å². The zero-order chi connectivity index (χ0) is 19.7. The fourth-order valence-electron chi connectivity index (χ4n) is 3.06. The number of carbonyl (C=O) groups is 2. The molecule has 1 aromatic rings. The number of rotatable bonds is 9. The standard InChI is InChI=1S/C20H31N3O4/c1-4-20(3,18-26-13-14-27-18)11-6-12-22-19(25)23-16-9-7-15(8-10-16)17(24)21-5-2/h7-10,18H,4-6,11-14H2,1-3H3,(H,21,24)(H2,22,23,25). The average Bonchev–Trinajstić information content (AvgIpc) is 3.21. The minimum Gasteiger partial charge on any atom is -0.352 e. The number of urea groups is 1. The summed E-state index contributed by atoms with van der Waals surface area (Å²) in [4.78, 5) is 23.8. The Morgan fingerprint density at radius 3 is 2.37 bits per heavy atom. The lowest BCUT2D eigenvalue weighted by molar-refractivity contribution is -0.131. The van der Waals surface area contributed by atoms with Gasteiger partial charge in [-0.25, -0.2) is 4.79 Å². The predicted octanol–water partition coefficient (Wildman–Crippen LogP) is 3.13. The van der Waals surface area contributed by atoms with Crippen molar-refractivity contribution < 1.29 is 19.1 Å². The topological polar surface area (TPSA) is 88.7 Å². The van der Waals surface area contributed by atoms with E-state index in [1.165, 1.54) is 0 Å². The van der Waals surface area contributed by atoms with Gasteiger partial charge in [0.05, 0.1) is 13.2 Å². The van der Waals surface area contributed by atoms with Gasteiger partial charge in [0, 0.05) is 29.8 Å². The van der Waals surface area contributed by atoms with Gasteiger partial charge >= 0.3 is 6.03 Å². The first-order valence-corrected chi connectivity index (χ1v) is 9.65. The smallest absolute Gasteiger partial charge is 0.319 e. The lowest BCUT2D eigenvalue weighted by atomic mass is 9.82. The van der Waals surface area contributed by atoms with E-state index < -0.39 is 0 Å². The highest BCUT2D eigenvalue weighted by Crippen LogP contribution is 2.35. The maximum absolute atomic E-state index is 12.0. The molecule has 3 amide bonds. The molecule has 1 atom stereocenters. The van der Waals surface area contributed by atoms with Crippen molar-refractivity contribution in [1.29, 1.82) is 0 Å². The number of amides is 3. The van der Waals surface area contributed by atoms with E-state index in [1.54, 1.807) is 24.3 Å². The van der Waals surface area contributed by atoms with Gasteiger partial charge in [-0.05, 0) is 50.5 Å². The molecule has 1 aliphatic heterocycles. The molecule has 1 unspecified atom stereocenters. The molecule has 27 heavy (non-hydrogen) atoms.